The molecule has 2 aromatic carbocycles. The molecule has 2 rings (SSSR count). The maximum Gasteiger partial charge on any atom is 0.350 e. The fraction of sp³-hybridized carbons (Fsp3) is 0. The Morgan fingerprint density at radius 1 is 1.25 bits per heavy atom. The van der Waals surface area contributed by atoms with E-state index in [1.165, 1.54) is 42.6 Å². The minimum atomic E-state index is -0.807. The summed E-state index contributed by atoms with van der Waals surface area (Å²) < 4.78 is 5.14. The minimum Gasteiger partial charge on any atom is -0.423 e. The fourth-order valence-electron chi connectivity index (χ4n) is 1.76. The number of ether oxygens (including phenoxy) is 1. The number of carbonyl (C=O) groups is 1. The maximum absolute atomic E-state index is 12.1. The van der Waals surface area contributed by atoms with E-state index in [0.717, 1.165) is 0 Å². The number of nitro groups is 1. The van der Waals surface area contributed by atoms with Crippen LogP contribution in [0.15, 0.2) is 53.6 Å². The molecule has 9 heteroatoms. The Morgan fingerprint density at radius 2 is 1.92 bits per heavy atom. The normalized spacial score (nSPS) is 10.3. The Labute approximate surface area is 142 Å². The highest BCUT2D eigenvalue weighted by atomic mass is 32.1. The largest absolute Gasteiger partial charge is 0.423 e. The van der Waals surface area contributed by atoms with Gasteiger partial charge in [0.15, 0.2) is 5.11 Å². The summed E-state index contributed by atoms with van der Waals surface area (Å²) in [5.74, 6) is -0.559. The third-order valence-corrected chi connectivity index (χ3v) is 2.89. The van der Waals surface area contributed by atoms with E-state index in [9.17, 15) is 14.9 Å². The number of nitrogens with one attached hydrogen (secondary N) is 1. The molecule has 0 aliphatic heterocycles. The van der Waals surface area contributed by atoms with Crippen LogP contribution in [0.1, 0.15) is 15.9 Å². The number of para-hydroxylation sites is 1. The van der Waals surface area contributed by atoms with Gasteiger partial charge in [0.2, 0.25) is 0 Å². The Balaban J connectivity index is 2.09. The van der Waals surface area contributed by atoms with Crippen molar-refractivity contribution in [2.45, 2.75) is 0 Å². The average Bonchev–Trinajstić information content (AvgIpc) is 2.56. The number of hydrogen-bond donors (Lipinski definition) is 2. The van der Waals surface area contributed by atoms with Crippen molar-refractivity contribution in [1.82, 2.24) is 5.43 Å². The predicted octanol–water partition coefficient (Wildman–Crippen LogP) is 1.98. The van der Waals surface area contributed by atoms with E-state index < -0.39 is 10.9 Å². The second-order valence-corrected chi connectivity index (χ2v) is 4.91. The zero-order chi connectivity index (χ0) is 17.5. The van der Waals surface area contributed by atoms with Gasteiger partial charge in [0.1, 0.15) is 11.3 Å². The van der Waals surface area contributed by atoms with Gasteiger partial charge in [-0.25, -0.2) is 4.79 Å². The molecule has 0 spiro atoms. The second kappa shape index (κ2) is 7.79. The van der Waals surface area contributed by atoms with Crippen LogP contribution in [0.3, 0.4) is 0 Å². The molecule has 0 fully saturated rings. The van der Waals surface area contributed by atoms with Crippen molar-refractivity contribution < 1.29 is 14.5 Å². The zero-order valence-electron chi connectivity index (χ0n) is 12.2. The smallest absolute Gasteiger partial charge is 0.350 e. The van der Waals surface area contributed by atoms with Crippen LogP contribution in [-0.4, -0.2) is 22.2 Å². The Kier molecular flexibility index (Phi) is 5.53. The Morgan fingerprint density at radius 3 is 2.54 bits per heavy atom. The zero-order valence-corrected chi connectivity index (χ0v) is 13.0. The fourth-order valence-corrected chi connectivity index (χ4v) is 1.81. The molecule has 0 amide bonds. The van der Waals surface area contributed by atoms with Crippen LogP contribution in [-0.2, 0) is 0 Å². The van der Waals surface area contributed by atoms with E-state index in [4.69, 9.17) is 10.5 Å². The Hall–Kier alpha value is -3.33. The SMILES string of the molecule is NC(=S)N/N=C\c1ccc(OC(=O)c2ccccc2[N+](=O)[O-])cc1. The first kappa shape index (κ1) is 17.0. The topological polar surface area (TPSA) is 120 Å². The lowest BCUT2D eigenvalue weighted by atomic mass is 10.2. The van der Waals surface area contributed by atoms with Crippen LogP contribution in [0.4, 0.5) is 5.69 Å². The molecule has 0 radical (unpaired) electrons. The highest BCUT2D eigenvalue weighted by Crippen LogP contribution is 2.20. The van der Waals surface area contributed by atoms with Crippen molar-refractivity contribution in [3.8, 4) is 5.75 Å². The van der Waals surface area contributed by atoms with Crippen LogP contribution in [0.5, 0.6) is 5.75 Å². The lowest BCUT2D eigenvalue weighted by Crippen LogP contribution is -2.23. The number of thiocarbonyl (C=S) groups is 1. The average molecular weight is 344 g/mol. The van der Waals surface area contributed by atoms with E-state index in [1.54, 1.807) is 12.1 Å². The molecule has 2 aromatic rings. The van der Waals surface area contributed by atoms with Gasteiger partial charge >= 0.3 is 5.97 Å². The summed E-state index contributed by atoms with van der Waals surface area (Å²) in [4.78, 5) is 22.4. The third kappa shape index (κ3) is 4.58. The second-order valence-electron chi connectivity index (χ2n) is 4.47. The molecule has 8 nitrogen and oxygen atoms in total. The molecule has 3 N–H and O–H groups in total. The molecule has 0 aromatic heterocycles. The molecule has 24 heavy (non-hydrogen) atoms. The Bertz CT molecular complexity index is 805. The van der Waals surface area contributed by atoms with E-state index in [1.807, 2.05) is 0 Å². The van der Waals surface area contributed by atoms with Crippen molar-refractivity contribution in [3.63, 3.8) is 0 Å². The number of nitrogens with zero attached hydrogens (tertiary/aromatic N) is 2. The van der Waals surface area contributed by atoms with Crippen molar-refractivity contribution in [1.29, 1.82) is 0 Å². The number of carbonyl (C=O) groups excluding carboxylic acids is 1. The quantitative estimate of drug-likeness (QED) is 0.212. The van der Waals surface area contributed by atoms with E-state index >= 15 is 0 Å². The van der Waals surface area contributed by atoms with Crippen molar-refractivity contribution >= 4 is 35.2 Å². The minimum absolute atomic E-state index is 0.0428. The number of hydrazone groups is 1. The molecule has 0 heterocycles. The van der Waals surface area contributed by atoms with Crippen molar-refractivity contribution in [3.05, 3.63) is 69.8 Å². The predicted molar refractivity (Wildman–Crippen MR) is 92.0 cm³/mol. The molecule has 0 saturated carbocycles. The first-order valence-corrected chi connectivity index (χ1v) is 7.02. The highest BCUT2D eigenvalue weighted by Gasteiger charge is 2.20. The lowest BCUT2D eigenvalue weighted by molar-refractivity contribution is -0.385. The van der Waals surface area contributed by atoms with Gasteiger partial charge in [-0.15, -0.1) is 0 Å². The van der Waals surface area contributed by atoms with E-state index in [0.29, 0.717) is 5.56 Å². The van der Waals surface area contributed by atoms with E-state index in [2.05, 4.69) is 22.7 Å². The third-order valence-electron chi connectivity index (χ3n) is 2.80. The molecule has 0 unspecified atom stereocenters. The van der Waals surface area contributed by atoms with Gasteiger partial charge in [-0.05, 0) is 48.1 Å². The monoisotopic (exact) mass is 344 g/mol. The van der Waals surface area contributed by atoms with Crippen LogP contribution >= 0.6 is 12.2 Å². The van der Waals surface area contributed by atoms with Gasteiger partial charge in [-0.2, -0.15) is 5.10 Å². The molecule has 122 valence electrons. The number of benzene rings is 2. The summed E-state index contributed by atoms with van der Waals surface area (Å²) >= 11 is 4.60. The van der Waals surface area contributed by atoms with Crippen LogP contribution in [0.25, 0.3) is 0 Å². The molecule has 0 bridgehead atoms. The molecule has 0 atom stereocenters. The molecule has 0 aliphatic carbocycles. The lowest BCUT2D eigenvalue weighted by Gasteiger charge is -2.05. The molecular formula is C15H12N4O4S. The number of esters is 1. The van der Waals surface area contributed by atoms with Crippen LogP contribution in [0, 0.1) is 10.1 Å². The first-order valence-electron chi connectivity index (χ1n) is 6.61. The van der Waals surface area contributed by atoms with E-state index in [-0.39, 0.29) is 22.1 Å². The number of nitro benzene ring substituents is 1. The maximum atomic E-state index is 12.1. The first-order chi connectivity index (χ1) is 11.5. The number of rotatable bonds is 5. The number of hydrogen-bond acceptors (Lipinski definition) is 6. The molecule has 0 saturated heterocycles. The van der Waals surface area contributed by atoms with Gasteiger partial charge in [-0.3, -0.25) is 15.5 Å². The summed E-state index contributed by atoms with van der Waals surface area (Å²) in [7, 11) is 0. The van der Waals surface area contributed by atoms with Gasteiger partial charge in [-0.1, -0.05) is 12.1 Å². The van der Waals surface area contributed by atoms with Crippen molar-refractivity contribution in [2.24, 2.45) is 10.8 Å². The number of nitrogens with two attached hydrogens (primary N) is 1. The van der Waals surface area contributed by atoms with Gasteiger partial charge in [0, 0.05) is 6.07 Å². The summed E-state index contributed by atoms with van der Waals surface area (Å²) in [6.45, 7) is 0. The van der Waals surface area contributed by atoms with Crippen LogP contribution in [0.2, 0.25) is 0 Å². The van der Waals surface area contributed by atoms with Crippen LogP contribution < -0.4 is 15.9 Å². The highest BCUT2D eigenvalue weighted by molar-refractivity contribution is 7.80. The molecular weight excluding hydrogens is 332 g/mol. The molecule has 0 aliphatic rings. The summed E-state index contributed by atoms with van der Waals surface area (Å²) in [5.41, 5.74) is 7.92. The van der Waals surface area contributed by atoms with Gasteiger partial charge < -0.3 is 10.5 Å². The van der Waals surface area contributed by atoms with Crippen molar-refractivity contribution in [2.75, 3.05) is 0 Å². The standard InChI is InChI=1S/C15H12N4O4S/c16-15(24)18-17-9-10-5-7-11(8-6-10)23-14(20)12-3-1-2-4-13(12)19(21)22/h1-9H,(H3,16,18,24)/b17-9-. The van der Waals surface area contributed by atoms with Gasteiger partial charge in [0.25, 0.3) is 5.69 Å². The summed E-state index contributed by atoms with van der Waals surface area (Å²) in [5, 5.41) is 14.8. The van der Waals surface area contributed by atoms with Gasteiger partial charge in [0.05, 0.1) is 11.1 Å². The summed E-state index contributed by atoms with van der Waals surface area (Å²) in [6.07, 6.45) is 1.48. The summed E-state index contributed by atoms with van der Waals surface area (Å²) in [6, 6.07) is 11.9.